The zero-order chi connectivity index (χ0) is 17.7. The Kier molecular flexibility index (Phi) is 5.45. The number of hydrogen-bond donors (Lipinski definition) is 1. The summed E-state index contributed by atoms with van der Waals surface area (Å²) in [6.45, 7) is 5.15. The van der Waals surface area contributed by atoms with Crippen molar-refractivity contribution in [3.8, 4) is 24.0 Å². The highest BCUT2D eigenvalue weighted by Gasteiger charge is 2.46. The lowest BCUT2D eigenvalue weighted by Crippen LogP contribution is -2.43. The van der Waals surface area contributed by atoms with Crippen LogP contribution in [0.1, 0.15) is 33.6 Å². The van der Waals surface area contributed by atoms with Crippen LogP contribution < -0.4 is 5.32 Å². The summed E-state index contributed by atoms with van der Waals surface area (Å²) in [6, 6.07) is 4.61. The van der Waals surface area contributed by atoms with E-state index in [-0.39, 0.29) is 24.6 Å². The average molecular weight is 323 g/mol. The zero-order valence-corrected chi connectivity index (χ0v) is 14.2. The summed E-state index contributed by atoms with van der Waals surface area (Å²) < 4.78 is 4.79. The first-order valence-electron chi connectivity index (χ1n) is 8.04. The molecule has 24 heavy (non-hydrogen) atoms. The molecule has 0 aromatic carbocycles. The maximum Gasteiger partial charge on any atom is 0.303 e. The molecule has 1 N–H and O–H groups in total. The van der Waals surface area contributed by atoms with Crippen LogP contribution in [0.2, 0.25) is 0 Å². The number of hydrogen-bond acceptors (Lipinski definition) is 5. The fourth-order valence-corrected chi connectivity index (χ4v) is 3.42. The molecule has 0 radical (unpaired) electrons. The number of carbonyl (C=O) groups excluding carboxylic acids is 1. The highest BCUT2D eigenvalue weighted by atomic mass is 16.5. The molecule has 0 unspecified atom stereocenters. The molecular formula is C19H21N3O2. The second-order valence-corrected chi connectivity index (χ2v) is 6.15. The predicted octanol–water partition coefficient (Wildman–Crippen LogP) is 2.23. The molecule has 2 rings (SSSR count). The predicted molar refractivity (Wildman–Crippen MR) is 89.0 cm³/mol. The molecule has 2 heterocycles. The molecule has 5 nitrogen and oxygen atoms in total. The van der Waals surface area contributed by atoms with Crippen molar-refractivity contribution >= 4 is 5.97 Å². The van der Waals surface area contributed by atoms with Crippen LogP contribution in [0.5, 0.6) is 0 Å². The molecule has 2 aliphatic rings. The van der Waals surface area contributed by atoms with Gasteiger partial charge in [0, 0.05) is 24.9 Å². The van der Waals surface area contributed by atoms with E-state index in [1.807, 2.05) is 26.0 Å². The third-order valence-electron chi connectivity index (χ3n) is 4.67. The maximum atomic E-state index is 10.8. The van der Waals surface area contributed by atoms with Crippen LogP contribution in [0.3, 0.4) is 0 Å². The van der Waals surface area contributed by atoms with Gasteiger partial charge >= 0.3 is 5.97 Å². The summed E-state index contributed by atoms with van der Waals surface area (Å²) in [5.74, 6) is 4.97. The molecule has 124 valence electrons. The van der Waals surface area contributed by atoms with Crippen molar-refractivity contribution in [1.29, 1.82) is 10.5 Å². The summed E-state index contributed by atoms with van der Waals surface area (Å²) >= 11 is 0. The van der Waals surface area contributed by atoms with Crippen molar-refractivity contribution in [3.05, 3.63) is 23.3 Å². The lowest BCUT2D eigenvalue weighted by molar-refractivity contribution is -0.139. The molecule has 0 aromatic heterocycles. The van der Waals surface area contributed by atoms with Crippen LogP contribution >= 0.6 is 0 Å². The third kappa shape index (κ3) is 3.35. The summed E-state index contributed by atoms with van der Waals surface area (Å²) in [6.07, 6.45) is 6.02. The molecule has 1 saturated heterocycles. The van der Waals surface area contributed by atoms with Crippen LogP contribution in [0, 0.1) is 45.8 Å². The van der Waals surface area contributed by atoms with E-state index in [1.165, 1.54) is 6.92 Å². The fourth-order valence-electron chi connectivity index (χ4n) is 3.42. The van der Waals surface area contributed by atoms with Gasteiger partial charge in [-0.05, 0) is 32.3 Å². The lowest BCUT2D eigenvalue weighted by atomic mass is 9.70. The van der Waals surface area contributed by atoms with Gasteiger partial charge in [-0.25, -0.2) is 0 Å². The molecule has 2 bridgehead atoms. The lowest BCUT2D eigenvalue weighted by Gasteiger charge is -2.35. The molecule has 0 amide bonds. The first-order chi connectivity index (χ1) is 11.5. The van der Waals surface area contributed by atoms with Crippen molar-refractivity contribution in [1.82, 2.24) is 5.32 Å². The minimum absolute atomic E-state index is 0.0175. The molecule has 5 heteroatoms. The van der Waals surface area contributed by atoms with Crippen LogP contribution in [-0.4, -0.2) is 24.7 Å². The van der Waals surface area contributed by atoms with Gasteiger partial charge in [0.25, 0.3) is 0 Å². The quantitative estimate of drug-likeness (QED) is 0.489. The van der Waals surface area contributed by atoms with Crippen LogP contribution in [0.25, 0.3) is 0 Å². The van der Waals surface area contributed by atoms with Gasteiger partial charge < -0.3 is 10.1 Å². The number of esters is 1. The fraction of sp³-hybridized carbons (Fsp3) is 0.526. The Morgan fingerprint density at radius 3 is 2.71 bits per heavy atom. The third-order valence-corrected chi connectivity index (χ3v) is 4.67. The van der Waals surface area contributed by atoms with Crippen molar-refractivity contribution < 1.29 is 9.53 Å². The van der Waals surface area contributed by atoms with Gasteiger partial charge in [0.15, 0.2) is 6.61 Å². The van der Waals surface area contributed by atoms with Crippen LogP contribution in [0.4, 0.5) is 0 Å². The molecule has 0 aromatic rings. The molecule has 1 fully saturated rings. The highest BCUT2D eigenvalue weighted by molar-refractivity contribution is 5.66. The van der Waals surface area contributed by atoms with E-state index >= 15 is 0 Å². The minimum atomic E-state index is -1.52. The van der Waals surface area contributed by atoms with Crippen LogP contribution in [-0.2, 0) is 9.53 Å². The number of rotatable bonds is 3. The number of carbonyl (C=O) groups is 1. The van der Waals surface area contributed by atoms with Gasteiger partial charge in [-0.1, -0.05) is 29.6 Å². The second-order valence-electron chi connectivity index (χ2n) is 6.15. The SMILES string of the molecule is CC=C(C)[C@@H]1C(C(C#N)(C#N)C#CCOC(C)=O)=C[C@H]2CC[C@@H]1N2. The standard InChI is InChI=1S/C19H21N3O2/c1-4-13(2)18-16(10-15-6-7-17(18)22-15)19(11-20,12-21)8-5-9-24-14(3)23/h4,10,15,17-18,22H,6-7,9H2,1-3H3/t15-,17+,18-/m1/s1. The van der Waals surface area contributed by atoms with Gasteiger partial charge in [0.1, 0.15) is 12.1 Å². The van der Waals surface area contributed by atoms with Gasteiger partial charge in [-0.2, -0.15) is 10.5 Å². The van der Waals surface area contributed by atoms with Gasteiger partial charge in [0.05, 0.1) is 0 Å². The molecular weight excluding hydrogens is 302 g/mol. The Balaban J connectivity index is 2.43. The Bertz CT molecular complexity index is 710. The largest absolute Gasteiger partial charge is 0.453 e. The van der Waals surface area contributed by atoms with Crippen molar-refractivity contribution in [2.45, 2.75) is 45.7 Å². The van der Waals surface area contributed by atoms with E-state index in [1.54, 1.807) is 0 Å². The number of nitrogens with zero attached hydrogens (tertiary/aromatic N) is 2. The van der Waals surface area contributed by atoms with Gasteiger partial charge in [0.2, 0.25) is 5.41 Å². The van der Waals surface area contributed by atoms with E-state index in [0.717, 1.165) is 24.0 Å². The first-order valence-corrected chi connectivity index (χ1v) is 8.04. The maximum absolute atomic E-state index is 10.8. The van der Waals surface area contributed by atoms with E-state index in [9.17, 15) is 15.3 Å². The smallest absolute Gasteiger partial charge is 0.303 e. The van der Waals surface area contributed by atoms with Gasteiger partial charge in [-0.3, -0.25) is 4.79 Å². The summed E-state index contributed by atoms with van der Waals surface area (Å²) in [5.41, 5.74) is 0.360. The Morgan fingerprint density at radius 1 is 1.42 bits per heavy atom. The molecule has 2 aliphatic heterocycles. The van der Waals surface area contributed by atoms with E-state index < -0.39 is 11.4 Å². The van der Waals surface area contributed by atoms with Crippen molar-refractivity contribution in [2.75, 3.05) is 6.61 Å². The number of allylic oxidation sites excluding steroid dienone is 1. The Labute approximate surface area is 143 Å². The molecule has 0 saturated carbocycles. The first kappa shape index (κ1) is 17.8. The van der Waals surface area contributed by atoms with Crippen LogP contribution in [0.15, 0.2) is 23.3 Å². The normalized spacial score (nSPS) is 25.6. The van der Waals surface area contributed by atoms with E-state index in [2.05, 4.69) is 29.3 Å². The average Bonchev–Trinajstić information content (AvgIpc) is 2.96. The highest BCUT2D eigenvalue weighted by Crippen LogP contribution is 2.43. The van der Waals surface area contributed by atoms with Crippen molar-refractivity contribution in [2.24, 2.45) is 11.3 Å². The summed E-state index contributed by atoms with van der Waals surface area (Å²) in [4.78, 5) is 10.8. The Hall–Kier alpha value is -2.55. The Morgan fingerprint density at radius 2 is 2.12 bits per heavy atom. The molecule has 3 atom stereocenters. The second kappa shape index (κ2) is 7.35. The topological polar surface area (TPSA) is 85.9 Å². The van der Waals surface area contributed by atoms with E-state index in [4.69, 9.17) is 4.74 Å². The molecule has 0 spiro atoms. The number of fused-ring (bicyclic) bond motifs is 2. The summed E-state index contributed by atoms with van der Waals surface area (Å²) in [7, 11) is 0. The van der Waals surface area contributed by atoms with Gasteiger partial charge in [-0.15, -0.1) is 0 Å². The van der Waals surface area contributed by atoms with E-state index in [0.29, 0.717) is 0 Å². The monoisotopic (exact) mass is 323 g/mol. The number of ether oxygens (including phenoxy) is 1. The van der Waals surface area contributed by atoms with Crippen molar-refractivity contribution in [3.63, 3.8) is 0 Å². The number of nitrogens with one attached hydrogen (secondary N) is 1. The number of nitriles is 2. The molecule has 0 aliphatic carbocycles. The summed E-state index contributed by atoms with van der Waals surface area (Å²) in [5, 5.41) is 23.0. The minimum Gasteiger partial charge on any atom is -0.453 e. The zero-order valence-electron chi connectivity index (χ0n) is 14.2.